The maximum atomic E-state index is 13.5. The van der Waals surface area contributed by atoms with Crippen LogP contribution in [0.3, 0.4) is 0 Å². The molecule has 2 unspecified atom stereocenters. The predicted octanol–water partition coefficient (Wildman–Crippen LogP) is 4.97. The Hall–Kier alpha value is -3.09. The second-order valence-corrected chi connectivity index (χ2v) is 8.43. The molecule has 0 bridgehead atoms. The normalized spacial score (nSPS) is 22.5. The van der Waals surface area contributed by atoms with E-state index < -0.39 is 23.6 Å². The van der Waals surface area contributed by atoms with Gasteiger partial charge in [-0.1, -0.05) is 50.2 Å². The van der Waals surface area contributed by atoms with Crippen LogP contribution in [0.2, 0.25) is 0 Å². The number of hydrogen-bond acceptors (Lipinski definition) is 3. The van der Waals surface area contributed by atoms with Crippen molar-refractivity contribution in [2.24, 2.45) is 11.8 Å². The molecule has 7 heteroatoms. The smallest absolute Gasteiger partial charge is 0.366 e. The van der Waals surface area contributed by atoms with E-state index in [1.165, 1.54) is 12.1 Å². The largest absolute Gasteiger partial charge is 0.416 e. The number of imide groups is 1. The standard InChI is InChI=1S/C24H23F3N2O2/c1-15-11-16(2)14-28(13-15)21-20(17-7-4-3-5-8-17)22(30)29(23(21)31)19-10-6-9-18(12-19)24(25,26)27/h3-10,12,15-16H,11,13-14H2,1-2H3. The summed E-state index contributed by atoms with van der Waals surface area (Å²) in [4.78, 5) is 29.7. The molecule has 2 heterocycles. The molecule has 2 amide bonds. The van der Waals surface area contributed by atoms with Crippen LogP contribution in [-0.2, 0) is 15.8 Å². The van der Waals surface area contributed by atoms with E-state index >= 15 is 0 Å². The van der Waals surface area contributed by atoms with Crippen LogP contribution in [0.5, 0.6) is 0 Å². The molecular weight excluding hydrogens is 405 g/mol. The van der Waals surface area contributed by atoms with Crippen LogP contribution < -0.4 is 4.90 Å². The Morgan fingerprint density at radius 2 is 1.52 bits per heavy atom. The van der Waals surface area contributed by atoms with Crippen molar-refractivity contribution in [3.05, 3.63) is 71.4 Å². The maximum absolute atomic E-state index is 13.5. The zero-order chi connectivity index (χ0) is 22.3. The minimum atomic E-state index is -4.57. The highest BCUT2D eigenvalue weighted by atomic mass is 19.4. The lowest BCUT2D eigenvalue weighted by Crippen LogP contribution is -2.42. The lowest BCUT2D eigenvalue weighted by atomic mass is 9.91. The third-order valence-electron chi connectivity index (χ3n) is 5.74. The monoisotopic (exact) mass is 428 g/mol. The van der Waals surface area contributed by atoms with Gasteiger partial charge in [0.1, 0.15) is 5.70 Å². The van der Waals surface area contributed by atoms with E-state index in [9.17, 15) is 22.8 Å². The van der Waals surface area contributed by atoms with Crippen molar-refractivity contribution in [3.63, 3.8) is 0 Å². The number of piperidine rings is 1. The van der Waals surface area contributed by atoms with Crippen molar-refractivity contribution in [3.8, 4) is 0 Å². The Kier molecular flexibility index (Phi) is 5.37. The number of halogens is 3. The Balaban J connectivity index is 1.82. The molecule has 1 fully saturated rings. The Bertz CT molecular complexity index is 1040. The molecule has 1 saturated heterocycles. The third kappa shape index (κ3) is 3.96. The number of rotatable bonds is 3. The molecule has 2 atom stereocenters. The fourth-order valence-electron chi connectivity index (χ4n) is 4.58. The van der Waals surface area contributed by atoms with Crippen molar-refractivity contribution in [1.82, 2.24) is 4.90 Å². The van der Waals surface area contributed by atoms with Gasteiger partial charge in [0.05, 0.1) is 16.8 Å². The van der Waals surface area contributed by atoms with Crippen LogP contribution in [0.1, 0.15) is 31.4 Å². The molecule has 2 aliphatic heterocycles. The van der Waals surface area contributed by atoms with Crippen LogP contribution in [0.25, 0.3) is 5.57 Å². The van der Waals surface area contributed by atoms with Crippen molar-refractivity contribution in [1.29, 1.82) is 0 Å². The van der Waals surface area contributed by atoms with Crippen molar-refractivity contribution < 1.29 is 22.8 Å². The first-order chi connectivity index (χ1) is 14.7. The number of anilines is 1. The van der Waals surface area contributed by atoms with Crippen LogP contribution >= 0.6 is 0 Å². The second kappa shape index (κ2) is 7.87. The topological polar surface area (TPSA) is 40.6 Å². The lowest BCUT2D eigenvalue weighted by Gasteiger charge is -2.37. The molecule has 0 spiro atoms. The van der Waals surface area contributed by atoms with Gasteiger partial charge in [0, 0.05) is 13.1 Å². The number of carbonyl (C=O) groups excluding carboxylic acids is 2. The number of likely N-dealkylation sites (tertiary alicyclic amines) is 1. The van der Waals surface area contributed by atoms with E-state index in [1.807, 2.05) is 4.90 Å². The molecule has 2 aromatic rings. The van der Waals surface area contributed by atoms with Crippen molar-refractivity contribution in [2.45, 2.75) is 26.4 Å². The zero-order valence-corrected chi connectivity index (χ0v) is 17.3. The summed E-state index contributed by atoms with van der Waals surface area (Å²) in [6.07, 6.45) is -3.55. The summed E-state index contributed by atoms with van der Waals surface area (Å²) in [6.45, 7) is 5.42. The summed E-state index contributed by atoms with van der Waals surface area (Å²) in [7, 11) is 0. The first-order valence-corrected chi connectivity index (χ1v) is 10.3. The molecule has 2 aromatic carbocycles. The van der Waals surface area contributed by atoms with Crippen LogP contribution in [0.4, 0.5) is 18.9 Å². The van der Waals surface area contributed by atoms with E-state index in [0.29, 0.717) is 30.5 Å². The van der Waals surface area contributed by atoms with Gasteiger partial charge in [-0.2, -0.15) is 13.2 Å². The lowest BCUT2D eigenvalue weighted by molar-refractivity contribution is -0.137. The van der Waals surface area contributed by atoms with Gasteiger partial charge < -0.3 is 4.90 Å². The van der Waals surface area contributed by atoms with Crippen LogP contribution in [0.15, 0.2) is 60.3 Å². The molecule has 0 aromatic heterocycles. The van der Waals surface area contributed by atoms with E-state index in [-0.39, 0.29) is 17.0 Å². The Morgan fingerprint density at radius 1 is 0.871 bits per heavy atom. The minimum absolute atomic E-state index is 0.0774. The van der Waals surface area contributed by atoms with Gasteiger partial charge in [-0.3, -0.25) is 9.59 Å². The molecule has 0 saturated carbocycles. The molecule has 0 aliphatic carbocycles. The Morgan fingerprint density at radius 3 is 2.13 bits per heavy atom. The average molecular weight is 428 g/mol. The summed E-state index contributed by atoms with van der Waals surface area (Å²) >= 11 is 0. The highest BCUT2D eigenvalue weighted by molar-refractivity contribution is 6.45. The third-order valence-corrected chi connectivity index (χ3v) is 5.74. The highest BCUT2D eigenvalue weighted by Gasteiger charge is 2.44. The molecule has 0 N–H and O–H groups in total. The predicted molar refractivity (Wildman–Crippen MR) is 112 cm³/mol. The minimum Gasteiger partial charge on any atom is -0.366 e. The SMILES string of the molecule is CC1CC(C)CN(C2=C(c3ccccc3)C(=O)N(c3cccc(C(F)(F)F)c3)C2=O)C1. The number of alkyl halides is 3. The summed E-state index contributed by atoms with van der Waals surface area (Å²) in [6, 6.07) is 13.2. The van der Waals surface area contributed by atoms with E-state index in [1.54, 1.807) is 30.3 Å². The summed E-state index contributed by atoms with van der Waals surface area (Å²) in [5.41, 5.74) is 0.111. The highest BCUT2D eigenvalue weighted by Crippen LogP contribution is 2.39. The van der Waals surface area contributed by atoms with Gasteiger partial charge in [-0.15, -0.1) is 0 Å². The molecule has 162 valence electrons. The summed E-state index contributed by atoms with van der Waals surface area (Å²) in [5.74, 6) is -0.515. The van der Waals surface area contributed by atoms with Gasteiger partial charge in [-0.25, -0.2) is 4.90 Å². The van der Waals surface area contributed by atoms with Crippen LogP contribution in [-0.4, -0.2) is 29.8 Å². The van der Waals surface area contributed by atoms with E-state index in [4.69, 9.17) is 0 Å². The number of benzene rings is 2. The fourth-order valence-corrected chi connectivity index (χ4v) is 4.58. The molecule has 2 aliphatic rings. The van der Waals surface area contributed by atoms with Crippen molar-refractivity contribution in [2.75, 3.05) is 18.0 Å². The van der Waals surface area contributed by atoms with E-state index in [2.05, 4.69) is 13.8 Å². The van der Waals surface area contributed by atoms with E-state index in [0.717, 1.165) is 23.5 Å². The van der Waals surface area contributed by atoms with Gasteiger partial charge in [0.2, 0.25) is 0 Å². The summed E-state index contributed by atoms with van der Waals surface area (Å²) < 4.78 is 39.7. The Labute approximate surface area is 179 Å². The maximum Gasteiger partial charge on any atom is 0.416 e. The molecule has 4 nitrogen and oxygen atoms in total. The molecule has 31 heavy (non-hydrogen) atoms. The number of carbonyl (C=O) groups is 2. The fraction of sp³-hybridized carbons (Fsp3) is 0.333. The van der Waals surface area contributed by atoms with Gasteiger partial charge in [-0.05, 0) is 42.0 Å². The molecular formula is C24H23F3N2O2. The zero-order valence-electron chi connectivity index (χ0n) is 17.3. The first-order valence-electron chi connectivity index (χ1n) is 10.3. The number of nitrogens with zero attached hydrogens (tertiary/aromatic N) is 2. The summed E-state index contributed by atoms with van der Waals surface area (Å²) in [5, 5.41) is 0. The van der Waals surface area contributed by atoms with Gasteiger partial charge in [0.25, 0.3) is 11.8 Å². The van der Waals surface area contributed by atoms with Crippen LogP contribution in [0, 0.1) is 11.8 Å². The number of hydrogen-bond donors (Lipinski definition) is 0. The average Bonchev–Trinajstić information content (AvgIpc) is 2.97. The van der Waals surface area contributed by atoms with Crippen molar-refractivity contribution >= 4 is 23.1 Å². The van der Waals surface area contributed by atoms with Gasteiger partial charge >= 0.3 is 6.18 Å². The second-order valence-electron chi connectivity index (χ2n) is 8.43. The first kappa shape index (κ1) is 21.2. The molecule has 0 radical (unpaired) electrons. The quantitative estimate of drug-likeness (QED) is 0.649. The molecule has 4 rings (SSSR count). The number of amides is 2. The van der Waals surface area contributed by atoms with Gasteiger partial charge in [0.15, 0.2) is 0 Å².